The molecule has 2 rings (SSSR count). The van der Waals surface area contributed by atoms with E-state index >= 15 is 0 Å². The molecule has 18 heavy (non-hydrogen) atoms. The standard InChI is InChI=1S/C14H24F3N/c1-2-9-18-12(7-4-8-14(15,16)17)13-10-5-3-6-11(10)13/h10-13,18H,2-9H2,1H3. The van der Waals surface area contributed by atoms with E-state index in [9.17, 15) is 13.2 Å². The van der Waals surface area contributed by atoms with Crippen LogP contribution >= 0.6 is 0 Å². The maximum atomic E-state index is 12.2. The predicted molar refractivity (Wildman–Crippen MR) is 66.3 cm³/mol. The second kappa shape index (κ2) is 5.81. The highest BCUT2D eigenvalue weighted by Crippen LogP contribution is 2.59. The van der Waals surface area contributed by atoms with Crippen LogP contribution in [0, 0.1) is 17.8 Å². The van der Waals surface area contributed by atoms with E-state index in [0.29, 0.717) is 18.4 Å². The smallest absolute Gasteiger partial charge is 0.314 e. The zero-order valence-electron chi connectivity index (χ0n) is 11.1. The van der Waals surface area contributed by atoms with Crippen molar-refractivity contribution in [3.05, 3.63) is 0 Å². The molecule has 0 aliphatic heterocycles. The Kier molecular flexibility index (Phi) is 4.57. The van der Waals surface area contributed by atoms with Crippen molar-refractivity contribution in [3.8, 4) is 0 Å². The number of hydrogen-bond acceptors (Lipinski definition) is 1. The molecule has 0 radical (unpaired) electrons. The van der Waals surface area contributed by atoms with Crippen LogP contribution in [0.25, 0.3) is 0 Å². The van der Waals surface area contributed by atoms with Crippen molar-refractivity contribution in [2.24, 2.45) is 17.8 Å². The van der Waals surface area contributed by atoms with Gasteiger partial charge in [0.2, 0.25) is 0 Å². The molecule has 0 saturated heterocycles. The van der Waals surface area contributed by atoms with Gasteiger partial charge in [-0.05, 0) is 56.4 Å². The number of fused-ring (bicyclic) bond motifs is 1. The van der Waals surface area contributed by atoms with Crippen molar-refractivity contribution in [3.63, 3.8) is 0 Å². The predicted octanol–water partition coefficient (Wildman–Crippen LogP) is 4.13. The van der Waals surface area contributed by atoms with Gasteiger partial charge in [0.1, 0.15) is 0 Å². The van der Waals surface area contributed by atoms with Gasteiger partial charge >= 0.3 is 6.18 Å². The van der Waals surface area contributed by atoms with Crippen LogP contribution in [0.2, 0.25) is 0 Å². The van der Waals surface area contributed by atoms with Crippen LogP contribution in [-0.4, -0.2) is 18.8 Å². The summed E-state index contributed by atoms with van der Waals surface area (Å²) in [6.45, 7) is 3.04. The van der Waals surface area contributed by atoms with Crippen molar-refractivity contribution in [2.75, 3.05) is 6.54 Å². The number of hydrogen-bond donors (Lipinski definition) is 1. The van der Waals surface area contributed by atoms with E-state index < -0.39 is 12.6 Å². The lowest BCUT2D eigenvalue weighted by atomic mass is 9.98. The minimum atomic E-state index is -3.99. The Balaban J connectivity index is 1.75. The second-order valence-electron chi connectivity index (χ2n) is 5.90. The lowest BCUT2D eigenvalue weighted by Crippen LogP contribution is -2.33. The van der Waals surface area contributed by atoms with Gasteiger partial charge in [-0.15, -0.1) is 0 Å². The Bertz CT molecular complexity index is 254. The lowest BCUT2D eigenvalue weighted by Gasteiger charge is -2.20. The van der Waals surface area contributed by atoms with Gasteiger partial charge < -0.3 is 5.32 Å². The normalized spacial score (nSPS) is 32.3. The fourth-order valence-corrected chi connectivity index (χ4v) is 3.76. The molecule has 106 valence electrons. The van der Waals surface area contributed by atoms with Crippen molar-refractivity contribution in [1.29, 1.82) is 0 Å². The minimum Gasteiger partial charge on any atom is -0.314 e. The van der Waals surface area contributed by atoms with Crippen LogP contribution in [0.3, 0.4) is 0 Å². The Morgan fingerprint density at radius 2 is 1.89 bits per heavy atom. The van der Waals surface area contributed by atoms with E-state index in [-0.39, 0.29) is 6.42 Å². The summed E-state index contributed by atoms with van der Waals surface area (Å²) in [5.74, 6) is 2.33. The molecule has 0 bridgehead atoms. The van der Waals surface area contributed by atoms with Crippen LogP contribution in [0.4, 0.5) is 13.2 Å². The summed E-state index contributed by atoms with van der Waals surface area (Å²) in [6.07, 6.45) is 1.34. The van der Waals surface area contributed by atoms with E-state index in [1.807, 2.05) is 0 Å². The molecule has 2 aliphatic carbocycles. The maximum Gasteiger partial charge on any atom is 0.389 e. The van der Waals surface area contributed by atoms with E-state index in [0.717, 1.165) is 24.8 Å². The molecule has 3 atom stereocenters. The van der Waals surface area contributed by atoms with Crippen LogP contribution < -0.4 is 5.32 Å². The molecule has 0 amide bonds. The van der Waals surface area contributed by atoms with E-state index in [2.05, 4.69) is 12.2 Å². The quantitative estimate of drug-likeness (QED) is 0.728. The molecule has 0 aromatic carbocycles. The summed E-state index contributed by atoms with van der Waals surface area (Å²) in [5, 5.41) is 3.48. The Morgan fingerprint density at radius 3 is 2.44 bits per heavy atom. The minimum absolute atomic E-state index is 0.279. The van der Waals surface area contributed by atoms with Gasteiger partial charge in [-0.2, -0.15) is 13.2 Å². The number of halogens is 3. The van der Waals surface area contributed by atoms with Gasteiger partial charge in [-0.3, -0.25) is 0 Å². The monoisotopic (exact) mass is 263 g/mol. The second-order valence-corrected chi connectivity index (χ2v) is 5.90. The first-order valence-electron chi connectivity index (χ1n) is 7.33. The molecule has 1 nitrogen and oxygen atoms in total. The Morgan fingerprint density at radius 1 is 1.22 bits per heavy atom. The molecule has 1 N–H and O–H groups in total. The van der Waals surface area contributed by atoms with Gasteiger partial charge in [0, 0.05) is 12.5 Å². The number of nitrogens with one attached hydrogen (secondary N) is 1. The molecular weight excluding hydrogens is 239 g/mol. The molecule has 2 aliphatic rings. The Hall–Kier alpha value is -0.250. The average Bonchev–Trinajstić information content (AvgIpc) is 2.76. The summed E-state index contributed by atoms with van der Waals surface area (Å²) >= 11 is 0. The van der Waals surface area contributed by atoms with Gasteiger partial charge in [0.25, 0.3) is 0 Å². The highest BCUT2D eigenvalue weighted by Gasteiger charge is 2.55. The molecule has 0 heterocycles. The largest absolute Gasteiger partial charge is 0.389 e. The molecule has 4 heteroatoms. The molecule has 3 unspecified atom stereocenters. The lowest BCUT2D eigenvalue weighted by molar-refractivity contribution is -0.135. The first-order chi connectivity index (χ1) is 8.53. The van der Waals surface area contributed by atoms with E-state index in [1.165, 1.54) is 19.3 Å². The topological polar surface area (TPSA) is 12.0 Å². The van der Waals surface area contributed by atoms with E-state index in [4.69, 9.17) is 0 Å². The summed E-state index contributed by atoms with van der Waals surface area (Å²) in [7, 11) is 0. The highest BCUT2D eigenvalue weighted by molar-refractivity contribution is 5.06. The zero-order valence-corrected chi connectivity index (χ0v) is 11.1. The molecule has 0 spiro atoms. The molecule has 2 saturated carbocycles. The Labute approximate surface area is 108 Å². The molecule has 0 aromatic heterocycles. The van der Waals surface area contributed by atoms with Crippen LogP contribution in [0.5, 0.6) is 0 Å². The number of rotatable bonds is 7. The average molecular weight is 263 g/mol. The van der Waals surface area contributed by atoms with Gasteiger partial charge in [-0.1, -0.05) is 13.3 Å². The van der Waals surface area contributed by atoms with Crippen molar-refractivity contribution in [2.45, 2.75) is 64.1 Å². The van der Waals surface area contributed by atoms with Crippen LogP contribution in [0.1, 0.15) is 51.9 Å². The summed E-state index contributed by atoms with van der Waals surface area (Å²) in [6, 6.07) is 0.336. The van der Waals surface area contributed by atoms with Gasteiger partial charge in [0.05, 0.1) is 0 Å². The molecular formula is C14H24F3N. The third kappa shape index (κ3) is 3.62. The number of alkyl halides is 3. The summed E-state index contributed by atoms with van der Waals surface area (Å²) < 4.78 is 36.6. The van der Waals surface area contributed by atoms with Gasteiger partial charge in [-0.25, -0.2) is 0 Å². The van der Waals surface area contributed by atoms with Crippen LogP contribution in [0.15, 0.2) is 0 Å². The molecule has 2 fully saturated rings. The SMILES string of the molecule is CCCNC(CCCC(F)(F)F)C1C2CCCC21. The first-order valence-corrected chi connectivity index (χ1v) is 7.33. The summed E-state index contributed by atoms with van der Waals surface area (Å²) in [5.41, 5.74) is 0. The molecule has 0 aromatic rings. The zero-order chi connectivity index (χ0) is 13.2. The fourth-order valence-electron chi connectivity index (χ4n) is 3.76. The third-order valence-electron chi connectivity index (χ3n) is 4.57. The van der Waals surface area contributed by atoms with Crippen molar-refractivity contribution >= 4 is 0 Å². The van der Waals surface area contributed by atoms with E-state index in [1.54, 1.807) is 0 Å². The van der Waals surface area contributed by atoms with Gasteiger partial charge in [0.15, 0.2) is 0 Å². The highest BCUT2D eigenvalue weighted by atomic mass is 19.4. The summed E-state index contributed by atoms with van der Waals surface area (Å²) in [4.78, 5) is 0. The van der Waals surface area contributed by atoms with Crippen LogP contribution in [-0.2, 0) is 0 Å². The third-order valence-corrected chi connectivity index (χ3v) is 4.57. The van der Waals surface area contributed by atoms with Crippen molar-refractivity contribution in [1.82, 2.24) is 5.32 Å². The first kappa shape index (κ1) is 14.2. The van der Waals surface area contributed by atoms with Crippen molar-refractivity contribution < 1.29 is 13.2 Å². The maximum absolute atomic E-state index is 12.2. The fraction of sp³-hybridized carbons (Fsp3) is 1.00.